The minimum absolute atomic E-state index is 0.129. The molecule has 2 saturated heterocycles. The number of likely N-dealkylation sites (tertiary alicyclic amines) is 2. The summed E-state index contributed by atoms with van der Waals surface area (Å²) in [6.07, 6.45) is 0.215. The van der Waals surface area contributed by atoms with Gasteiger partial charge in [-0.05, 0) is 43.5 Å². The molecule has 3 rings (SSSR count). The summed E-state index contributed by atoms with van der Waals surface area (Å²) >= 11 is 0. The highest BCUT2D eigenvalue weighted by atomic mass is 19.1. The molecule has 1 aromatic rings. The van der Waals surface area contributed by atoms with Crippen LogP contribution in [0.25, 0.3) is 0 Å². The third-order valence-electron chi connectivity index (χ3n) is 7.09. The fraction of sp³-hybridized carbons (Fsp3) is 0.654. The third-order valence-corrected chi connectivity index (χ3v) is 7.09. The molecule has 0 aliphatic carbocycles. The number of hydrogen-bond donors (Lipinski definition) is 2. The summed E-state index contributed by atoms with van der Waals surface area (Å²) < 4.78 is 19.6. The molecule has 0 spiro atoms. The van der Waals surface area contributed by atoms with E-state index >= 15 is 0 Å². The Morgan fingerprint density at radius 1 is 1.17 bits per heavy atom. The summed E-state index contributed by atoms with van der Waals surface area (Å²) in [5, 5.41) is 5.85. The van der Waals surface area contributed by atoms with Crippen LogP contribution in [0.2, 0.25) is 0 Å². The van der Waals surface area contributed by atoms with E-state index in [9.17, 15) is 18.8 Å². The summed E-state index contributed by atoms with van der Waals surface area (Å²) in [5.74, 6) is -0.750. The van der Waals surface area contributed by atoms with E-state index in [1.165, 1.54) is 17.0 Å². The van der Waals surface area contributed by atoms with Gasteiger partial charge in [0.25, 0.3) is 0 Å². The summed E-state index contributed by atoms with van der Waals surface area (Å²) in [6.45, 7) is 8.56. The molecule has 2 aliphatic rings. The van der Waals surface area contributed by atoms with Crippen LogP contribution in [0.5, 0.6) is 0 Å². The van der Waals surface area contributed by atoms with Crippen molar-refractivity contribution in [1.29, 1.82) is 0 Å². The summed E-state index contributed by atoms with van der Waals surface area (Å²) in [5.41, 5.74) is 0.280. The van der Waals surface area contributed by atoms with Crippen LogP contribution in [0.4, 0.5) is 9.18 Å². The lowest BCUT2D eigenvalue weighted by Gasteiger charge is -2.37. The molecular formula is C26H40FN5O4. The predicted octanol–water partition coefficient (Wildman–Crippen LogP) is 1.82. The van der Waals surface area contributed by atoms with Crippen molar-refractivity contribution in [3.8, 4) is 0 Å². The van der Waals surface area contributed by atoms with E-state index in [4.69, 9.17) is 4.74 Å². The molecule has 2 fully saturated rings. The Morgan fingerprint density at radius 2 is 1.81 bits per heavy atom. The van der Waals surface area contributed by atoms with Gasteiger partial charge < -0.3 is 30.1 Å². The van der Waals surface area contributed by atoms with Crippen LogP contribution < -0.4 is 10.6 Å². The van der Waals surface area contributed by atoms with Crippen molar-refractivity contribution in [1.82, 2.24) is 25.3 Å². The van der Waals surface area contributed by atoms with Crippen molar-refractivity contribution in [3.63, 3.8) is 0 Å². The number of amides is 4. The number of ether oxygens (including phenoxy) is 1. The quantitative estimate of drug-likeness (QED) is 0.590. The Labute approximate surface area is 213 Å². The summed E-state index contributed by atoms with van der Waals surface area (Å²) in [7, 11) is 5.10. The van der Waals surface area contributed by atoms with E-state index < -0.39 is 23.6 Å². The molecule has 36 heavy (non-hydrogen) atoms. The average molecular weight is 506 g/mol. The lowest BCUT2D eigenvalue weighted by atomic mass is 9.85. The van der Waals surface area contributed by atoms with E-state index in [-0.39, 0.29) is 42.4 Å². The third kappa shape index (κ3) is 5.98. The maximum Gasteiger partial charge on any atom is 0.319 e. The predicted molar refractivity (Wildman–Crippen MR) is 135 cm³/mol. The Hall–Kier alpha value is -2.72. The maximum absolute atomic E-state index is 13.9. The van der Waals surface area contributed by atoms with Crippen molar-refractivity contribution in [2.75, 3.05) is 34.2 Å². The zero-order chi connectivity index (χ0) is 26.8. The molecule has 2 aliphatic heterocycles. The molecule has 1 unspecified atom stereocenters. The number of carbonyl (C=O) groups excluding carboxylic acids is 3. The molecule has 2 heterocycles. The van der Waals surface area contributed by atoms with Gasteiger partial charge in [0.05, 0.1) is 37.4 Å². The van der Waals surface area contributed by atoms with Crippen LogP contribution in [0.1, 0.15) is 39.7 Å². The second-order valence-electron chi connectivity index (χ2n) is 11.0. The molecule has 2 N–H and O–H groups in total. The average Bonchev–Trinajstić information content (AvgIpc) is 3.40. The molecule has 0 bridgehead atoms. The highest BCUT2D eigenvalue weighted by molar-refractivity contribution is 5.90. The molecule has 0 radical (unpaired) electrons. The number of halogens is 1. The fourth-order valence-corrected chi connectivity index (χ4v) is 4.91. The molecule has 0 saturated carbocycles. The van der Waals surface area contributed by atoms with Crippen molar-refractivity contribution < 1.29 is 23.5 Å². The molecule has 1 aromatic carbocycles. The number of nitrogens with zero attached hydrogens (tertiary/aromatic N) is 3. The molecule has 9 nitrogen and oxygen atoms in total. The van der Waals surface area contributed by atoms with Gasteiger partial charge in [0.1, 0.15) is 11.9 Å². The van der Waals surface area contributed by atoms with Crippen LogP contribution in [0, 0.1) is 11.2 Å². The number of likely N-dealkylation sites (N-methyl/N-ethyl adjacent to an activating group) is 1. The molecule has 4 amide bonds. The molecule has 0 aromatic heterocycles. The van der Waals surface area contributed by atoms with Crippen molar-refractivity contribution >= 4 is 17.8 Å². The number of benzene rings is 1. The number of urea groups is 1. The molecule has 200 valence electrons. The van der Waals surface area contributed by atoms with Gasteiger partial charge in [-0.1, -0.05) is 32.9 Å². The maximum atomic E-state index is 13.9. The molecular weight excluding hydrogens is 465 g/mol. The van der Waals surface area contributed by atoms with Crippen LogP contribution in [-0.2, 0) is 20.9 Å². The van der Waals surface area contributed by atoms with E-state index in [2.05, 4.69) is 10.6 Å². The van der Waals surface area contributed by atoms with E-state index in [1.54, 1.807) is 50.0 Å². The Balaban J connectivity index is 1.86. The minimum atomic E-state index is -0.740. The van der Waals surface area contributed by atoms with Gasteiger partial charge in [0.2, 0.25) is 11.8 Å². The zero-order valence-corrected chi connectivity index (χ0v) is 22.4. The van der Waals surface area contributed by atoms with Crippen molar-refractivity contribution in [2.45, 2.75) is 71.0 Å². The zero-order valence-electron chi connectivity index (χ0n) is 22.4. The first-order valence-corrected chi connectivity index (χ1v) is 12.5. The van der Waals surface area contributed by atoms with Gasteiger partial charge in [-0.3, -0.25) is 9.59 Å². The lowest BCUT2D eigenvalue weighted by Crippen LogP contribution is -2.59. The fourth-order valence-electron chi connectivity index (χ4n) is 4.91. The van der Waals surface area contributed by atoms with E-state index in [0.717, 1.165) is 5.56 Å². The molecule has 5 atom stereocenters. The largest absolute Gasteiger partial charge is 0.369 e. The van der Waals surface area contributed by atoms with Crippen LogP contribution in [0.15, 0.2) is 24.3 Å². The van der Waals surface area contributed by atoms with Gasteiger partial charge in [0.15, 0.2) is 0 Å². The Kier molecular flexibility index (Phi) is 8.61. The van der Waals surface area contributed by atoms with Gasteiger partial charge in [-0.15, -0.1) is 0 Å². The topological polar surface area (TPSA) is 94.2 Å². The highest BCUT2D eigenvalue weighted by Gasteiger charge is 2.54. The first-order valence-electron chi connectivity index (χ1n) is 12.5. The van der Waals surface area contributed by atoms with E-state index in [0.29, 0.717) is 19.5 Å². The van der Waals surface area contributed by atoms with Gasteiger partial charge >= 0.3 is 6.03 Å². The highest BCUT2D eigenvalue weighted by Crippen LogP contribution is 2.36. The van der Waals surface area contributed by atoms with E-state index in [1.807, 2.05) is 20.8 Å². The first kappa shape index (κ1) is 27.9. The first-order chi connectivity index (χ1) is 16.8. The summed E-state index contributed by atoms with van der Waals surface area (Å²) in [4.78, 5) is 44.7. The van der Waals surface area contributed by atoms with Crippen LogP contribution in [0.3, 0.4) is 0 Å². The standard InChI is InChI=1S/C26H40FN5O4/c1-16(28-5)23(33)29-22(26(2,3)4)24(34)31-13-12-19-21(31)20(14-32(19)25(35)30(6)7)36-15-17-8-10-18(27)11-9-17/h8-11,16,19-22,28H,12-15H2,1-7H3,(H,29,33)/t16-,19+,20-,21-,22?/m0/s1. The van der Waals surface area contributed by atoms with Crippen molar-refractivity contribution in [3.05, 3.63) is 35.6 Å². The Morgan fingerprint density at radius 3 is 2.36 bits per heavy atom. The molecule has 10 heteroatoms. The second-order valence-corrected chi connectivity index (χ2v) is 11.0. The normalized spacial score (nSPS) is 23.3. The number of fused-ring (bicyclic) bond motifs is 1. The van der Waals surface area contributed by atoms with Gasteiger partial charge in [-0.2, -0.15) is 0 Å². The van der Waals surface area contributed by atoms with Crippen molar-refractivity contribution in [2.24, 2.45) is 5.41 Å². The SMILES string of the molecule is CN[C@@H](C)C(=O)NC(C(=O)N1CC[C@@H]2[C@H]1[C@@H](OCc1ccc(F)cc1)CN2C(=O)N(C)C)C(C)(C)C. The van der Waals surface area contributed by atoms with Crippen LogP contribution in [-0.4, -0.2) is 97.0 Å². The second kappa shape index (κ2) is 11.1. The van der Waals surface area contributed by atoms with Gasteiger partial charge in [-0.25, -0.2) is 9.18 Å². The number of hydrogen-bond acceptors (Lipinski definition) is 5. The lowest BCUT2D eigenvalue weighted by molar-refractivity contribution is -0.142. The number of carbonyl (C=O) groups is 3. The smallest absolute Gasteiger partial charge is 0.319 e. The van der Waals surface area contributed by atoms with Gasteiger partial charge in [0, 0.05) is 20.6 Å². The van der Waals surface area contributed by atoms with Crippen LogP contribution >= 0.6 is 0 Å². The monoisotopic (exact) mass is 505 g/mol. The number of nitrogens with one attached hydrogen (secondary N) is 2. The number of rotatable bonds is 7. The Bertz CT molecular complexity index is 949. The summed E-state index contributed by atoms with van der Waals surface area (Å²) in [6, 6.07) is 4.25. The minimum Gasteiger partial charge on any atom is -0.369 e.